The SMILES string of the molecule is CCOc1ccc(CCC(=O)N(Cc2ccc(Cl)cc2Cl)[C@H](CC)C(=O)NC)cc1OCC. The second kappa shape index (κ2) is 13.3. The molecule has 0 spiro atoms. The van der Waals surface area contributed by atoms with Gasteiger partial charge in [-0.2, -0.15) is 0 Å². The molecule has 0 bridgehead atoms. The number of ether oxygens (including phenoxy) is 2. The van der Waals surface area contributed by atoms with Gasteiger partial charge in [0, 0.05) is 30.1 Å². The molecule has 180 valence electrons. The highest BCUT2D eigenvalue weighted by molar-refractivity contribution is 6.35. The first-order chi connectivity index (χ1) is 15.8. The van der Waals surface area contributed by atoms with E-state index in [9.17, 15) is 9.59 Å². The lowest BCUT2D eigenvalue weighted by molar-refractivity contribution is -0.141. The number of nitrogens with one attached hydrogen (secondary N) is 1. The van der Waals surface area contributed by atoms with Crippen molar-refractivity contribution in [1.82, 2.24) is 10.2 Å². The standard InChI is InChI=1S/C25H32Cl2N2O4/c1-5-21(25(31)28-4)29(16-18-10-11-19(26)15-20(18)27)24(30)13-9-17-8-12-22(32-6-2)23(14-17)33-7-3/h8,10-12,14-15,21H,5-7,9,13,16H2,1-4H3,(H,28,31)/t21-/m1/s1. The summed E-state index contributed by atoms with van der Waals surface area (Å²) in [7, 11) is 1.57. The summed E-state index contributed by atoms with van der Waals surface area (Å²) in [6, 6.07) is 10.2. The maximum atomic E-state index is 13.3. The molecule has 2 aromatic rings. The molecule has 6 nitrogen and oxygen atoms in total. The molecule has 0 heterocycles. The van der Waals surface area contributed by atoms with E-state index in [1.165, 1.54) is 0 Å². The highest BCUT2D eigenvalue weighted by Gasteiger charge is 2.28. The highest BCUT2D eigenvalue weighted by Crippen LogP contribution is 2.29. The first kappa shape index (κ1) is 26.8. The van der Waals surface area contributed by atoms with E-state index in [4.69, 9.17) is 32.7 Å². The Kier molecular flexibility index (Phi) is 10.8. The van der Waals surface area contributed by atoms with Crippen LogP contribution in [0.25, 0.3) is 0 Å². The Morgan fingerprint density at radius 1 is 1.00 bits per heavy atom. The van der Waals surface area contributed by atoms with Gasteiger partial charge in [0.2, 0.25) is 11.8 Å². The van der Waals surface area contributed by atoms with Crippen LogP contribution in [0.1, 0.15) is 44.7 Å². The molecule has 0 radical (unpaired) electrons. The van der Waals surface area contributed by atoms with Crippen molar-refractivity contribution >= 4 is 35.0 Å². The van der Waals surface area contributed by atoms with E-state index in [2.05, 4.69) is 5.32 Å². The van der Waals surface area contributed by atoms with Crippen LogP contribution in [0.2, 0.25) is 10.0 Å². The minimum atomic E-state index is -0.603. The molecular formula is C25H32Cl2N2O4. The summed E-state index contributed by atoms with van der Waals surface area (Å²) in [5.74, 6) is 0.990. The first-order valence-corrected chi connectivity index (χ1v) is 11.9. The molecule has 2 rings (SSSR count). The number of aryl methyl sites for hydroxylation is 1. The predicted octanol–water partition coefficient (Wildman–Crippen LogP) is 5.28. The molecule has 33 heavy (non-hydrogen) atoms. The molecule has 0 saturated carbocycles. The third-order valence-electron chi connectivity index (χ3n) is 5.22. The second-order valence-electron chi connectivity index (χ2n) is 7.44. The Morgan fingerprint density at radius 3 is 2.30 bits per heavy atom. The van der Waals surface area contributed by atoms with Crippen molar-refractivity contribution in [2.24, 2.45) is 0 Å². The van der Waals surface area contributed by atoms with Crippen molar-refractivity contribution in [3.8, 4) is 11.5 Å². The molecule has 2 aromatic carbocycles. The lowest BCUT2D eigenvalue weighted by atomic mass is 10.1. The Hall–Kier alpha value is -2.44. The normalized spacial score (nSPS) is 11.6. The van der Waals surface area contributed by atoms with Crippen molar-refractivity contribution in [2.45, 2.75) is 52.6 Å². The van der Waals surface area contributed by atoms with E-state index in [-0.39, 0.29) is 24.8 Å². The zero-order valence-corrected chi connectivity index (χ0v) is 21.1. The Balaban J connectivity index is 2.23. The largest absolute Gasteiger partial charge is 0.490 e. The summed E-state index contributed by atoms with van der Waals surface area (Å²) in [6.07, 6.45) is 1.22. The molecule has 0 aliphatic carbocycles. The third kappa shape index (κ3) is 7.54. The number of hydrogen-bond acceptors (Lipinski definition) is 4. The summed E-state index contributed by atoms with van der Waals surface area (Å²) >= 11 is 12.4. The van der Waals surface area contributed by atoms with Gasteiger partial charge in [0.1, 0.15) is 6.04 Å². The summed E-state index contributed by atoms with van der Waals surface area (Å²) in [4.78, 5) is 27.4. The molecule has 0 unspecified atom stereocenters. The van der Waals surface area contributed by atoms with Gasteiger partial charge in [0.05, 0.1) is 13.2 Å². The Labute approximate surface area is 206 Å². The number of likely N-dealkylation sites (N-methyl/N-ethyl adjacent to an activating group) is 1. The van der Waals surface area contributed by atoms with Crippen LogP contribution in [0.4, 0.5) is 0 Å². The maximum Gasteiger partial charge on any atom is 0.242 e. The van der Waals surface area contributed by atoms with Crippen LogP contribution in [0, 0.1) is 0 Å². The summed E-state index contributed by atoms with van der Waals surface area (Å²) < 4.78 is 11.3. The van der Waals surface area contributed by atoms with Crippen LogP contribution in [0.5, 0.6) is 11.5 Å². The van der Waals surface area contributed by atoms with Gasteiger partial charge in [-0.3, -0.25) is 9.59 Å². The molecule has 1 atom stereocenters. The van der Waals surface area contributed by atoms with Crippen molar-refractivity contribution in [3.63, 3.8) is 0 Å². The number of nitrogens with zero attached hydrogens (tertiary/aromatic N) is 1. The van der Waals surface area contributed by atoms with Gasteiger partial charge in [-0.25, -0.2) is 0 Å². The van der Waals surface area contributed by atoms with Crippen LogP contribution in [0.15, 0.2) is 36.4 Å². The highest BCUT2D eigenvalue weighted by atomic mass is 35.5. The molecule has 0 fully saturated rings. The monoisotopic (exact) mass is 494 g/mol. The number of halogens is 2. The maximum absolute atomic E-state index is 13.3. The summed E-state index contributed by atoms with van der Waals surface area (Å²) in [5.41, 5.74) is 1.68. The van der Waals surface area contributed by atoms with E-state index >= 15 is 0 Å². The minimum Gasteiger partial charge on any atom is -0.490 e. The van der Waals surface area contributed by atoms with Crippen LogP contribution in [0.3, 0.4) is 0 Å². The van der Waals surface area contributed by atoms with Gasteiger partial charge >= 0.3 is 0 Å². The zero-order valence-electron chi connectivity index (χ0n) is 19.6. The van der Waals surface area contributed by atoms with Gasteiger partial charge in [0.15, 0.2) is 11.5 Å². The predicted molar refractivity (Wildman–Crippen MR) is 132 cm³/mol. The smallest absolute Gasteiger partial charge is 0.242 e. The quantitative estimate of drug-likeness (QED) is 0.435. The van der Waals surface area contributed by atoms with E-state index < -0.39 is 6.04 Å². The molecule has 0 saturated heterocycles. The molecule has 8 heteroatoms. The molecule has 2 amide bonds. The van der Waals surface area contributed by atoms with Crippen LogP contribution >= 0.6 is 23.2 Å². The van der Waals surface area contributed by atoms with Crippen molar-refractivity contribution in [3.05, 3.63) is 57.6 Å². The number of amides is 2. The zero-order chi connectivity index (χ0) is 24.4. The fraction of sp³-hybridized carbons (Fsp3) is 0.440. The molecule has 0 aliphatic rings. The average Bonchev–Trinajstić information content (AvgIpc) is 2.80. The van der Waals surface area contributed by atoms with Crippen molar-refractivity contribution in [1.29, 1.82) is 0 Å². The van der Waals surface area contributed by atoms with Gasteiger partial charge in [0.25, 0.3) is 0 Å². The first-order valence-electron chi connectivity index (χ1n) is 11.2. The molecule has 1 N–H and O–H groups in total. The molecule has 0 aliphatic heterocycles. The fourth-order valence-electron chi connectivity index (χ4n) is 3.57. The summed E-state index contributed by atoms with van der Waals surface area (Å²) in [5, 5.41) is 3.63. The van der Waals surface area contributed by atoms with Gasteiger partial charge in [-0.15, -0.1) is 0 Å². The van der Waals surface area contributed by atoms with E-state index in [0.29, 0.717) is 47.6 Å². The lowest BCUT2D eigenvalue weighted by Gasteiger charge is -2.30. The van der Waals surface area contributed by atoms with Crippen LogP contribution < -0.4 is 14.8 Å². The minimum absolute atomic E-state index is 0.136. The summed E-state index contributed by atoms with van der Waals surface area (Å²) in [6.45, 7) is 6.98. The number of carbonyl (C=O) groups is 2. The van der Waals surface area contributed by atoms with Gasteiger partial charge in [-0.1, -0.05) is 42.3 Å². The van der Waals surface area contributed by atoms with E-state index in [1.54, 1.807) is 30.1 Å². The Bertz CT molecular complexity index is 952. The second-order valence-corrected chi connectivity index (χ2v) is 8.29. The van der Waals surface area contributed by atoms with Crippen LogP contribution in [-0.4, -0.2) is 43.0 Å². The average molecular weight is 495 g/mol. The number of carbonyl (C=O) groups excluding carboxylic acids is 2. The topological polar surface area (TPSA) is 67.9 Å². The van der Waals surface area contributed by atoms with Crippen molar-refractivity contribution in [2.75, 3.05) is 20.3 Å². The van der Waals surface area contributed by atoms with Crippen molar-refractivity contribution < 1.29 is 19.1 Å². The van der Waals surface area contributed by atoms with Crippen LogP contribution in [-0.2, 0) is 22.6 Å². The number of rotatable bonds is 12. The number of benzene rings is 2. The fourth-order valence-corrected chi connectivity index (χ4v) is 4.03. The molecular weight excluding hydrogens is 463 g/mol. The third-order valence-corrected chi connectivity index (χ3v) is 5.81. The Morgan fingerprint density at radius 2 is 1.70 bits per heavy atom. The van der Waals surface area contributed by atoms with Gasteiger partial charge < -0.3 is 19.7 Å². The van der Waals surface area contributed by atoms with E-state index in [1.807, 2.05) is 39.0 Å². The molecule has 0 aromatic heterocycles. The lowest BCUT2D eigenvalue weighted by Crippen LogP contribution is -2.48. The van der Waals surface area contributed by atoms with Gasteiger partial charge in [-0.05, 0) is 62.1 Å². The van der Waals surface area contributed by atoms with E-state index in [0.717, 1.165) is 11.1 Å². The number of hydrogen-bond donors (Lipinski definition) is 1.